The third kappa shape index (κ3) is 3.84. The molecule has 0 aromatic carbocycles. The second-order valence-electron chi connectivity index (χ2n) is 5.49. The van der Waals surface area contributed by atoms with Crippen LogP contribution in [0.15, 0.2) is 0 Å². The highest BCUT2D eigenvalue weighted by molar-refractivity contribution is 5.85. The van der Waals surface area contributed by atoms with E-state index in [0.29, 0.717) is 13.1 Å². The Morgan fingerprint density at radius 2 is 2.06 bits per heavy atom. The first-order valence-electron chi connectivity index (χ1n) is 6.58. The van der Waals surface area contributed by atoms with Crippen LogP contribution in [0.1, 0.15) is 40.0 Å². The summed E-state index contributed by atoms with van der Waals surface area (Å²) in [4.78, 5) is 12.2. The van der Waals surface area contributed by atoms with E-state index in [-0.39, 0.29) is 23.7 Å². The first kappa shape index (κ1) is 17.7. The number of carbonyl (C=O) groups is 1. The van der Waals surface area contributed by atoms with Gasteiger partial charge in [-0.15, -0.1) is 12.4 Å². The quantitative estimate of drug-likeness (QED) is 0.778. The van der Waals surface area contributed by atoms with Crippen LogP contribution >= 0.6 is 12.4 Å². The van der Waals surface area contributed by atoms with Crippen molar-refractivity contribution in [2.45, 2.75) is 40.0 Å². The number of hydrogen-bond donors (Lipinski definition) is 2. The highest BCUT2D eigenvalue weighted by Crippen LogP contribution is 2.29. The molecular weight excluding hydrogens is 252 g/mol. The molecule has 108 valence electrons. The second kappa shape index (κ2) is 7.31. The summed E-state index contributed by atoms with van der Waals surface area (Å²) in [7, 11) is 0. The normalized spacial score (nSPS) is 23.6. The molecule has 5 heteroatoms. The Kier molecular flexibility index (Phi) is 7.18. The van der Waals surface area contributed by atoms with E-state index in [9.17, 15) is 4.79 Å². The minimum Gasteiger partial charge on any atom is -0.381 e. The molecule has 1 rings (SSSR count). The van der Waals surface area contributed by atoms with Gasteiger partial charge in [0.2, 0.25) is 5.91 Å². The van der Waals surface area contributed by atoms with Crippen LogP contribution in [0, 0.1) is 10.8 Å². The van der Waals surface area contributed by atoms with Crippen molar-refractivity contribution in [1.29, 1.82) is 0 Å². The Balaban J connectivity index is 0.00000289. The Morgan fingerprint density at radius 1 is 1.44 bits per heavy atom. The highest BCUT2D eigenvalue weighted by atomic mass is 35.5. The fourth-order valence-corrected chi connectivity index (χ4v) is 2.28. The highest BCUT2D eigenvalue weighted by Gasteiger charge is 2.36. The predicted molar refractivity (Wildman–Crippen MR) is 75.9 cm³/mol. The van der Waals surface area contributed by atoms with E-state index in [0.717, 1.165) is 32.5 Å². The van der Waals surface area contributed by atoms with Gasteiger partial charge in [0.25, 0.3) is 0 Å². The van der Waals surface area contributed by atoms with E-state index in [2.05, 4.69) is 12.2 Å². The molecule has 0 aromatic heterocycles. The van der Waals surface area contributed by atoms with E-state index in [1.807, 2.05) is 13.8 Å². The van der Waals surface area contributed by atoms with Crippen molar-refractivity contribution in [1.82, 2.24) is 5.32 Å². The molecule has 1 amide bonds. The monoisotopic (exact) mass is 278 g/mol. The number of nitrogens with one attached hydrogen (secondary N) is 1. The predicted octanol–water partition coefficient (Wildman–Crippen LogP) is 1.72. The second-order valence-corrected chi connectivity index (χ2v) is 5.49. The molecule has 0 spiro atoms. The summed E-state index contributed by atoms with van der Waals surface area (Å²) in [6.07, 6.45) is 2.60. The van der Waals surface area contributed by atoms with Gasteiger partial charge in [-0.2, -0.15) is 0 Å². The van der Waals surface area contributed by atoms with Crippen molar-refractivity contribution in [2.24, 2.45) is 16.6 Å². The van der Waals surface area contributed by atoms with Gasteiger partial charge in [0, 0.05) is 25.1 Å². The van der Waals surface area contributed by atoms with Gasteiger partial charge in [0.1, 0.15) is 0 Å². The van der Waals surface area contributed by atoms with E-state index in [4.69, 9.17) is 10.5 Å². The number of hydrogen-bond acceptors (Lipinski definition) is 3. The van der Waals surface area contributed by atoms with Gasteiger partial charge in [0.15, 0.2) is 0 Å². The summed E-state index contributed by atoms with van der Waals surface area (Å²) in [5, 5.41) is 3.06. The number of nitrogens with two attached hydrogens (primary N) is 1. The van der Waals surface area contributed by atoms with Gasteiger partial charge < -0.3 is 15.8 Å². The molecule has 0 bridgehead atoms. The lowest BCUT2D eigenvalue weighted by molar-refractivity contribution is -0.131. The molecule has 0 radical (unpaired) electrons. The minimum absolute atomic E-state index is 0. The van der Waals surface area contributed by atoms with Crippen LogP contribution in [0.3, 0.4) is 0 Å². The molecule has 1 atom stereocenters. The summed E-state index contributed by atoms with van der Waals surface area (Å²) in [5.74, 6) is 0.0955. The Labute approximate surface area is 116 Å². The van der Waals surface area contributed by atoms with Crippen LogP contribution in [0.2, 0.25) is 0 Å². The first-order valence-corrected chi connectivity index (χ1v) is 6.58. The van der Waals surface area contributed by atoms with Crippen LogP contribution in [-0.2, 0) is 9.53 Å². The van der Waals surface area contributed by atoms with Crippen molar-refractivity contribution in [3.8, 4) is 0 Å². The van der Waals surface area contributed by atoms with E-state index in [1.54, 1.807) is 0 Å². The summed E-state index contributed by atoms with van der Waals surface area (Å²) in [6, 6.07) is 0. The molecule has 0 saturated carbocycles. The number of rotatable bonds is 6. The first-order chi connectivity index (χ1) is 8.02. The number of ether oxygens (including phenoxy) is 1. The van der Waals surface area contributed by atoms with Gasteiger partial charge in [-0.3, -0.25) is 4.79 Å². The third-order valence-corrected chi connectivity index (χ3v) is 4.20. The average molecular weight is 279 g/mol. The molecule has 0 aromatic rings. The molecule has 1 aliphatic rings. The lowest BCUT2D eigenvalue weighted by Crippen LogP contribution is -2.48. The maximum atomic E-state index is 12.2. The third-order valence-electron chi connectivity index (χ3n) is 4.20. The van der Waals surface area contributed by atoms with Gasteiger partial charge in [-0.05, 0) is 19.3 Å². The van der Waals surface area contributed by atoms with Crippen molar-refractivity contribution in [3.63, 3.8) is 0 Å². The maximum absolute atomic E-state index is 12.2. The minimum atomic E-state index is -0.393. The summed E-state index contributed by atoms with van der Waals surface area (Å²) < 4.78 is 5.38. The van der Waals surface area contributed by atoms with Gasteiger partial charge >= 0.3 is 0 Å². The van der Waals surface area contributed by atoms with Crippen LogP contribution < -0.4 is 11.1 Å². The van der Waals surface area contributed by atoms with Crippen LogP contribution in [-0.4, -0.2) is 32.2 Å². The lowest BCUT2D eigenvalue weighted by atomic mass is 9.81. The molecule has 1 unspecified atom stereocenters. The van der Waals surface area contributed by atoms with Gasteiger partial charge in [-0.25, -0.2) is 0 Å². The van der Waals surface area contributed by atoms with E-state index in [1.165, 1.54) is 0 Å². The SMILES string of the molecule is CCC(CC)(CN)C(=O)NCC1(C)CCOC1.Cl. The molecule has 1 fully saturated rings. The summed E-state index contributed by atoms with van der Waals surface area (Å²) in [5.41, 5.74) is 5.46. The van der Waals surface area contributed by atoms with Crippen molar-refractivity contribution in [2.75, 3.05) is 26.3 Å². The zero-order valence-corrected chi connectivity index (χ0v) is 12.6. The maximum Gasteiger partial charge on any atom is 0.227 e. The summed E-state index contributed by atoms with van der Waals surface area (Å²) in [6.45, 7) is 8.85. The average Bonchev–Trinajstić information content (AvgIpc) is 2.77. The zero-order valence-electron chi connectivity index (χ0n) is 11.8. The lowest BCUT2D eigenvalue weighted by Gasteiger charge is -2.31. The van der Waals surface area contributed by atoms with Gasteiger partial charge in [0.05, 0.1) is 12.0 Å². The number of carbonyl (C=O) groups excluding carboxylic acids is 1. The number of amides is 1. The molecule has 0 aliphatic carbocycles. The summed E-state index contributed by atoms with van der Waals surface area (Å²) >= 11 is 0. The van der Waals surface area contributed by atoms with Gasteiger partial charge in [-0.1, -0.05) is 20.8 Å². The van der Waals surface area contributed by atoms with E-state index >= 15 is 0 Å². The van der Waals surface area contributed by atoms with Crippen LogP contribution in [0.5, 0.6) is 0 Å². The molecule has 4 nitrogen and oxygen atoms in total. The topological polar surface area (TPSA) is 64.4 Å². The smallest absolute Gasteiger partial charge is 0.227 e. The fourth-order valence-electron chi connectivity index (χ4n) is 2.28. The van der Waals surface area contributed by atoms with E-state index < -0.39 is 5.41 Å². The van der Waals surface area contributed by atoms with Crippen molar-refractivity contribution >= 4 is 18.3 Å². The van der Waals surface area contributed by atoms with Crippen LogP contribution in [0.4, 0.5) is 0 Å². The van der Waals surface area contributed by atoms with Crippen LogP contribution in [0.25, 0.3) is 0 Å². The van der Waals surface area contributed by atoms with Crippen molar-refractivity contribution in [3.05, 3.63) is 0 Å². The zero-order chi connectivity index (χ0) is 12.9. The van der Waals surface area contributed by atoms with Crippen molar-refractivity contribution < 1.29 is 9.53 Å². The molecule has 18 heavy (non-hydrogen) atoms. The standard InChI is InChI=1S/C13H26N2O2.ClH/c1-4-13(5-2,8-14)11(16)15-9-12(3)6-7-17-10-12;/h4-10,14H2,1-3H3,(H,15,16);1H. The molecule has 1 saturated heterocycles. The fraction of sp³-hybridized carbons (Fsp3) is 0.923. The Hall–Kier alpha value is -0.320. The molecule has 1 aliphatic heterocycles. The number of halogens is 1. The molecule has 3 N–H and O–H groups in total. The largest absolute Gasteiger partial charge is 0.381 e. The Bertz CT molecular complexity index is 253. The Morgan fingerprint density at radius 3 is 2.44 bits per heavy atom. The molecular formula is C13H27ClN2O2. The molecule has 1 heterocycles.